The molecule has 1 rings (SSSR count). The number of nitrogens with zero attached hydrogens (tertiary/aromatic N) is 1. The fraction of sp³-hybridized carbons (Fsp3) is 0.762. The summed E-state index contributed by atoms with van der Waals surface area (Å²) in [6.45, 7) is 6.09. The van der Waals surface area contributed by atoms with Crippen molar-refractivity contribution in [3.8, 4) is 11.8 Å². The molecular formula is C21H33F2NO2. The van der Waals surface area contributed by atoms with Crippen molar-refractivity contribution in [2.75, 3.05) is 6.54 Å². The quantitative estimate of drug-likeness (QED) is 0.330. The lowest BCUT2D eigenvalue weighted by Gasteiger charge is -2.22. The first-order valence-corrected chi connectivity index (χ1v) is 9.78. The van der Waals surface area contributed by atoms with E-state index in [-0.39, 0.29) is 5.92 Å². The Labute approximate surface area is 156 Å². The van der Waals surface area contributed by atoms with E-state index >= 15 is 0 Å². The van der Waals surface area contributed by atoms with Crippen molar-refractivity contribution in [3.05, 3.63) is 12.2 Å². The lowest BCUT2D eigenvalue weighted by molar-refractivity contribution is -0.148. The average molecular weight is 369 g/mol. The number of alkyl halides is 2. The van der Waals surface area contributed by atoms with Crippen LogP contribution in [0.25, 0.3) is 0 Å². The van der Waals surface area contributed by atoms with Gasteiger partial charge in [0, 0.05) is 19.4 Å². The maximum absolute atomic E-state index is 13.9. The number of carbonyl (C=O) groups is 1. The van der Waals surface area contributed by atoms with Crippen LogP contribution in [-0.2, 0) is 4.79 Å². The van der Waals surface area contributed by atoms with Gasteiger partial charge in [-0.15, -0.1) is 11.8 Å². The van der Waals surface area contributed by atoms with Crippen molar-refractivity contribution in [1.29, 1.82) is 0 Å². The minimum atomic E-state index is -3.30. The van der Waals surface area contributed by atoms with Crippen LogP contribution in [0.2, 0.25) is 0 Å². The smallest absolute Gasteiger partial charge is 0.327 e. The summed E-state index contributed by atoms with van der Waals surface area (Å²) < 4.78 is 27.7. The fourth-order valence-corrected chi connectivity index (χ4v) is 3.14. The van der Waals surface area contributed by atoms with Crippen LogP contribution in [0.4, 0.5) is 8.78 Å². The summed E-state index contributed by atoms with van der Waals surface area (Å²) >= 11 is 0. The van der Waals surface area contributed by atoms with Crippen molar-refractivity contribution in [1.82, 2.24) is 4.90 Å². The second-order valence-corrected chi connectivity index (χ2v) is 7.23. The molecule has 0 aromatic heterocycles. The summed E-state index contributed by atoms with van der Waals surface area (Å²) in [5.74, 6) is 1.22. The Balaban J connectivity index is 2.60. The second-order valence-electron chi connectivity index (χ2n) is 7.23. The minimum Gasteiger partial charge on any atom is -0.389 e. The zero-order valence-corrected chi connectivity index (χ0v) is 16.3. The van der Waals surface area contributed by atoms with Crippen molar-refractivity contribution < 1.29 is 18.7 Å². The number of hydrogen-bond donors (Lipinski definition) is 1. The van der Waals surface area contributed by atoms with Gasteiger partial charge in [0.1, 0.15) is 0 Å². The highest BCUT2D eigenvalue weighted by Crippen LogP contribution is 2.34. The molecule has 3 atom stereocenters. The first kappa shape index (κ1) is 22.6. The molecule has 0 bridgehead atoms. The molecule has 1 heterocycles. The normalized spacial score (nSPS) is 21.7. The Morgan fingerprint density at radius 1 is 1.31 bits per heavy atom. The lowest BCUT2D eigenvalue weighted by Crippen LogP contribution is -2.36. The molecule has 0 saturated carbocycles. The number of unbranched alkanes of at least 4 members (excludes halogenated alkanes) is 5. The minimum absolute atomic E-state index is 0.0802. The molecule has 0 unspecified atom stereocenters. The van der Waals surface area contributed by atoms with E-state index in [2.05, 4.69) is 18.8 Å². The average Bonchev–Trinajstić information content (AvgIpc) is 2.83. The number of rotatable bonds is 11. The van der Waals surface area contributed by atoms with Gasteiger partial charge in [0.15, 0.2) is 0 Å². The topological polar surface area (TPSA) is 40.5 Å². The molecule has 0 aliphatic carbocycles. The molecule has 0 radical (unpaired) electrons. The Morgan fingerprint density at radius 3 is 2.62 bits per heavy atom. The number of aliphatic hydroxyl groups excluding tert-OH is 1. The molecule has 3 nitrogen and oxygen atoms in total. The van der Waals surface area contributed by atoms with Crippen molar-refractivity contribution in [2.24, 2.45) is 5.92 Å². The molecule has 0 spiro atoms. The SMILES string of the molecule is CC#CC[C@H](C)[C@@H](O)/C=C/[C@H]1CC(F)(F)C(=O)N1CCCCCCCC. The highest BCUT2D eigenvalue weighted by atomic mass is 19.3. The summed E-state index contributed by atoms with van der Waals surface area (Å²) in [6, 6.07) is -0.646. The summed E-state index contributed by atoms with van der Waals surface area (Å²) in [5, 5.41) is 10.1. The fourth-order valence-electron chi connectivity index (χ4n) is 3.14. The van der Waals surface area contributed by atoms with E-state index in [4.69, 9.17) is 0 Å². The Bertz CT molecular complexity index is 522. The Hall–Kier alpha value is -1.41. The van der Waals surface area contributed by atoms with Crippen molar-refractivity contribution in [2.45, 2.75) is 90.2 Å². The molecule has 1 fully saturated rings. The molecule has 1 amide bonds. The maximum Gasteiger partial charge on any atom is 0.327 e. The molecule has 1 saturated heterocycles. The van der Waals surface area contributed by atoms with Gasteiger partial charge in [-0.05, 0) is 19.3 Å². The van der Waals surface area contributed by atoms with Crippen LogP contribution in [0, 0.1) is 17.8 Å². The van der Waals surface area contributed by atoms with E-state index in [1.54, 1.807) is 13.0 Å². The van der Waals surface area contributed by atoms with Crippen LogP contribution in [-0.4, -0.2) is 40.5 Å². The highest BCUT2D eigenvalue weighted by Gasteiger charge is 2.52. The predicted molar refractivity (Wildman–Crippen MR) is 101 cm³/mol. The molecule has 148 valence electrons. The van der Waals surface area contributed by atoms with Gasteiger partial charge >= 0.3 is 5.92 Å². The van der Waals surface area contributed by atoms with Gasteiger partial charge in [-0.1, -0.05) is 58.1 Å². The van der Waals surface area contributed by atoms with Gasteiger partial charge in [-0.25, -0.2) is 0 Å². The van der Waals surface area contributed by atoms with Gasteiger partial charge in [0.25, 0.3) is 5.91 Å². The third-order valence-corrected chi connectivity index (χ3v) is 4.91. The first-order valence-electron chi connectivity index (χ1n) is 9.78. The van der Waals surface area contributed by atoms with Crippen LogP contribution in [0.3, 0.4) is 0 Å². The zero-order chi connectivity index (χ0) is 19.6. The highest BCUT2D eigenvalue weighted by molar-refractivity contribution is 5.86. The predicted octanol–water partition coefficient (Wildman–Crippen LogP) is 4.55. The first-order chi connectivity index (χ1) is 12.3. The van der Waals surface area contributed by atoms with E-state index in [9.17, 15) is 18.7 Å². The number of carbonyl (C=O) groups excluding carboxylic acids is 1. The van der Waals surface area contributed by atoms with Crippen LogP contribution in [0.1, 0.15) is 72.1 Å². The summed E-state index contributed by atoms with van der Waals surface area (Å²) in [6.07, 6.45) is 8.64. The van der Waals surface area contributed by atoms with Gasteiger partial charge in [0.2, 0.25) is 0 Å². The number of halogens is 2. The number of hydrogen-bond acceptors (Lipinski definition) is 2. The number of aliphatic hydroxyl groups is 1. The van der Waals surface area contributed by atoms with E-state index in [0.29, 0.717) is 13.0 Å². The molecule has 0 aromatic carbocycles. The van der Waals surface area contributed by atoms with Crippen LogP contribution in [0.5, 0.6) is 0 Å². The van der Waals surface area contributed by atoms with Crippen LogP contribution >= 0.6 is 0 Å². The van der Waals surface area contributed by atoms with Gasteiger partial charge in [0.05, 0.1) is 12.1 Å². The monoisotopic (exact) mass is 369 g/mol. The lowest BCUT2D eigenvalue weighted by atomic mass is 10.00. The second kappa shape index (κ2) is 11.3. The molecule has 1 aliphatic rings. The standard InChI is InChI=1S/C21H33F2NO2/c1-4-6-8-9-10-11-15-24-18(16-21(22,23)20(24)26)13-14-19(25)17(3)12-7-5-2/h13-14,17-19,25H,4,6,8-12,15-16H2,1-3H3/b14-13+/t17-,18-,19-/m0/s1. The number of likely N-dealkylation sites (tertiary alicyclic amines) is 1. The zero-order valence-electron chi connectivity index (χ0n) is 16.3. The Morgan fingerprint density at radius 2 is 1.96 bits per heavy atom. The van der Waals surface area contributed by atoms with E-state index in [1.165, 1.54) is 17.4 Å². The largest absolute Gasteiger partial charge is 0.389 e. The van der Waals surface area contributed by atoms with Crippen molar-refractivity contribution in [3.63, 3.8) is 0 Å². The van der Waals surface area contributed by atoms with Crippen LogP contribution in [0.15, 0.2) is 12.2 Å². The van der Waals surface area contributed by atoms with Crippen molar-refractivity contribution >= 4 is 5.91 Å². The summed E-state index contributed by atoms with van der Waals surface area (Å²) in [4.78, 5) is 13.3. The molecule has 26 heavy (non-hydrogen) atoms. The molecule has 1 N–H and O–H groups in total. The van der Waals surface area contributed by atoms with E-state index in [1.807, 2.05) is 6.92 Å². The third-order valence-electron chi connectivity index (χ3n) is 4.91. The van der Waals surface area contributed by atoms with Gasteiger partial charge in [-0.3, -0.25) is 4.79 Å². The summed E-state index contributed by atoms with van der Waals surface area (Å²) in [5.41, 5.74) is 0. The Kier molecular flexibility index (Phi) is 9.87. The van der Waals surface area contributed by atoms with Gasteiger partial charge in [-0.2, -0.15) is 8.78 Å². The molecule has 5 heteroatoms. The number of amides is 1. The van der Waals surface area contributed by atoms with E-state index < -0.39 is 30.4 Å². The van der Waals surface area contributed by atoms with Gasteiger partial charge < -0.3 is 10.0 Å². The maximum atomic E-state index is 13.9. The van der Waals surface area contributed by atoms with E-state index in [0.717, 1.165) is 32.1 Å². The molecule has 1 aliphatic heterocycles. The third kappa shape index (κ3) is 7.07. The molecule has 0 aromatic rings. The summed E-state index contributed by atoms with van der Waals surface area (Å²) in [7, 11) is 0. The van der Waals surface area contributed by atoms with Crippen LogP contribution < -0.4 is 0 Å². The molecular weight excluding hydrogens is 336 g/mol.